The Kier molecular flexibility index (Phi) is 9.96. The number of hydrogen-bond acceptors (Lipinski definition) is 4. The van der Waals surface area contributed by atoms with E-state index in [1.165, 1.54) is 0 Å². The van der Waals surface area contributed by atoms with Crippen LogP contribution in [-0.2, 0) is 19.3 Å². The van der Waals surface area contributed by atoms with Crippen molar-refractivity contribution in [3.05, 3.63) is 69.7 Å². The highest BCUT2D eigenvalue weighted by Crippen LogP contribution is 2.52. The second-order valence-electron chi connectivity index (χ2n) is 11.4. The van der Waals surface area contributed by atoms with Crippen molar-refractivity contribution in [3.8, 4) is 0 Å². The standard InChI is InChI=1S/C29H37Cl2N3O5S/c1-17(2)24(16-40(39,18(3)4)33-28(32)38)34-26(19-9-11-21(30)12-10-19)23(20-7-6-8-22(31)13-20)14-29(5,27(34)37)15-25(35)36/h6-13,17-18,23-24,26H,14-16H2,1-5H3,(H2,32,38)(H,35,36)/t23-,24?,26-,29-,40?/m1/s1. The van der Waals surface area contributed by atoms with Crippen molar-refractivity contribution in [2.45, 2.75) is 70.7 Å². The molecule has 2 unspecified atom stereocenters. The zero-order valence-electron chi connectivity index (χ0n) is 23.3. The third-order valence-electron chi connectivity index (χ3n) is 7.65. The maximum absolute atomic E-state index is 14.5. The van der Waals surface area contributed by atoms with Gasteiger partial charge >= 0.3 is 12.0 Å². The first-order chi connectivity index (χ1) is 18.6. The first kappa shape index (κ1) is 31.9. The number of benzene rings is 2. The van der Waals surface area contributed by atoms with Crippen LogP contribution in [0.15, 0.2) is 52.9 Å². The molecular formula is C29H37Cl2N3O5S. The number of carbonyl (C=O) groups excluding carboxylic acids is 2. The molecule has 0 aromatic heterocycles. The Hall–Kier alpha value is -2.62. The summed E-state index contributed by atoms with van der Waals surface area (Å²) in [6, 6.07) is 12.2. The summed E-state index contributed by atoms with van der Waals surface area (Å²) in [6.07, 6.45) is -0.138. The molecule has 1 saturated heterocycles. The summed E-state index contributed by atoms with van der Waals surface area (Å²) >= 11 is 12.6. The van der Waals surface area contributed by atoms with Crippen molar-refractivity contribution in [2.24, 2.45) is 21.4 Å². The summed E-state index contributed by atoms with van der Waals surface area (Å²) in [7, 11) is -3.19. The van der Waals surface area contributed by atoms with Crippen LogP contribution in [0.2, 0.25) is 10.0 Å². The number of nitrogens with zero attached hydrogens (tertiary/aromatic N) is 2. The zero-order valence-corrected chi connectivity index (χ0v) is 25.7. The van der Waals surface area contributed by atoms with Crippen molar-refractivity contribution >= 4 is 50.8 Å². The Morgan fingerprint density at radius 1 is 1.10 bits per heavy atom. The van der Waals surface area contributed by atoms with E-state index in [2.05, 4.69) is 4.36 Å². The Bertz CT molecular complexity index is 1390. The number of aliphatic carboxylic acids is 1. The number of carbonyl (C=O) groups is 3. The number of piperidine rings is 1. The van der Waals surface area contributed by atoms with E-state index >= 15 is 0 Å². The molecule has 1 heterocycles. The molecule has 0 saturated carbocycles. The SMILES string of the molecule is CC(C)C(CS(=O)(=NC(N)=O)C(C)C)N1C(=O)[C@@](C)(CC(=O)O)C[C@H](c2cccc(Cl)c2)[C@H]1c1ccc(Cl)cc1. The minimum atomic E-state index is -3.19. The third-order valence-corrected chi connectivity index (χ3v) is 10.9. The number of likely N-dealkylation sites (tertiary alicyclic amines) is 1. The molecule has 8 nitrogen and oxygen atoms in total. The van der Waals surface area contributed by atoms with Crippen molar-refractivity contribution in [2.75, 3.05) is 5.75 Å². The highest BCUT2D eigenvalue weighted by atomic mass is 35.5. The molecule has 2 aromatic carbocycles. The van der Waals surface area contributed by atoms with Crippen molar-refractivity contribution in [1.82, 2.24) is 4.90 Å². The summed E-state index contributed by atoms with van der Waals surface area (Å²) < 4.78 is 17.9. The molecule has 0 aliphatic carbocycles. The number of nitrogens with two attached hydrogens (primary N) is 1. The molecule has 3 rings (SSSR count). The molecule has 1 fully saturated rings. The first-order valence-electron chi connectivity index (χ1n) is 13.2. The van der Waals surface area contributed by atoms with Gasteiger partial charge < -0.3 is 15.7 Å². The fourth-order valence-electron chi connectivity index (χ4n) is 5.57. The molecule has 5 atom stereocenters. The summed E-state index contributed by atoms with van der Waals surface area (Å²) in [5, 5.41) is 10.4. The van der Waals surface area contributed by atoms with E-state index in [1.807, 2.05) is 44.2 Å². The van der Waals surface area contributed by atoms with Crippen molar-refractivity contribution in [1.29, 1.82) is 0 Å². The highest BCUT2D eigenvalue weighted by molar-refractivity contribution is 7.94. The van der Waals surface area contributed by atoms with E-state index in [0.717, 1.165) is 11.1 Å². The first-order valence-corrected chi connectivity index (χ1v) is 15.7. The van der Waals surface area contributed by atoms with Crippen LogP contribution in [0.25, 0.3) is 0 Å². The van der Waals surface area contributed by atoms with Crippen LogP contribution in [0.1, 0.15) is 70.5 Å². The predicted octanol–water partition coefficient (Wildman–Crippen LogP) is 6.51. The van der Waals surface area contributed by atoms with Gasteiger partial charge in [-0.25, -0.2) is 9.00 Å². The van der Waals surface area contributed by atoms with Crippen LogP contribution in [0, 0.1) is 11.3 Å². The maximum Gasteiger partial charge on any atom is 0.346 e. The third kappa shape index (κ3) is 6.98. The van der Waals surface area contributed by atoms with E-state index in [1.54, 1.807) is 43.9 Å². The van der Waals surface area contributed by atoms with E-state index < -0.39 is 44.5 Å². The molecule has 1 aliphatic heterocycles. The molecule has 3 N–H and O–H groups in total. The van der Waals surface area contributed by atoms with Crippen LogP contribution in [0.5, 0.6) is 0 Å². The topological polar surface area (TPSA) is 130 Å². The quantitative estimate of drug-likeness (QED) is 0.334. The highest BCUT2D eigenvalue weighted by Gasteiger charge is 2.53. The molecule has 0 bridgehead atoms. The average Bonchev–Trinajstić information content (AvgIpc) is 2.84. The summed E-state index contributed by atoms with van der Waals surface area (Å²) in [6.45, 7) is 8.86. The van der Waals surface area contributed by atoms with E-state index in [-0.39, 0.29) is 36.3 Å². The molecule has 3 amide bonds. The number of halogens is 2. The molecule has 40 heavy (non-hydrogen) atoms. The van der Waals surface area contributed by atoms with E-state index in [0.29, 0.717) is 10.0 Å². The Balaban J connectivity index is 2.34. The number of urea groups is 1. The molecule has 0 spiro atoms. The maximum atomic E-state index is 14.5. The number of rotatable bonds is 9. The normalized spacial score (nSPS) is 23.6. The summed E-state index contributed by atoms with van der Waals surface area (Å²) in [5.41, 5.74) is 5.72. The summed E-state index contributed by atoms with van der Waals surface area (Å²) in [5.74, 6) is -2.15. The molecule has 2 aromatic rings. The number of primary amides is 1. The molecule has 11 heteroatoms. The lowest BCUT2D eigenvalue weighted by Crippen LogP contribution is -2.59. The van der Waals surface area contributed by atoms with Gasteiger partial charge in [-0.3, -0.25) is 9.59 Å². The van der Waals surface area contributed by atoms with Gasteiger partial charge in [-0.15, -0.1) is 4.36 Å². The van der Waals surface area contributed by atoms with E-state index in [9.17, 15) is 23.7 Å². The molecule has 1 aliphatic rings. The monoisotopic (exact) mass is 609 g/mol. The molecular weight excluding hydrogens is 573 g/mol. The van der Waals surface area contributed by atoms with Crippen molar-refractivity contribution in [3.63, 3.8) is 0 Å². The fraction of sp³-hybridized carbons (Fsp3) is 0.483. The van der Waals surface area contributed by atoms with Gasteiger partial charge in [0.15, 0.2) is 0 Å². The van der Waals surface area contributed by atoms with E-state index in [4.69, 9.17) is 28.9 Å². The predicted molar refractivity (Wildman–Crippen MR) is 159 cm³/mol. The number of carboxylic acid groups (broad SMARTS) is 1. The molecule has 218 valence electrons. The van der Waals surface area contributed by atoms with Gasteiger partial charge in [0.2, 0.25) is 5.91 Å². The minimum absolute atomic E-state index is 0.105. The van der Waals surface area contributed by atoms with Gasteiger partial charge in [0, 0.05) is 27.3 Å². The van der Waals surface area contributed by atoms with Crippen LogP contribution >= 0.6 is 23.2 Å². The van der Waals surface area contributed by atoms with Gasteiger partial charge in [-0.2, -0.15) is 0 Å². The van der Waals surface area contributed by atoms with Crippen LogP contribution < -0.4 is 5.73 Å². The van der Waals surface area contributed by atoms with Gasteiger partial charge in [-0.1, -0.05) is 82.1 Å². The fourth-order valence-corrected chi connectivity index (χ4v) is 7.91. The lowest BCUT2D eigenvalue weighted by molar-refractivity contribution is -0.161. The zero-order chi connectivity index (χ0) is 30.0. The Labute approximate surface area is 246 Å². The van der Waals surface area contributed by atoms with Crippen LogP contribution in [0.4, 0.5) is 4.79 Å². The molecule has 0 radical (unpaired) electrons. The smallest absolute Gasteiger partial charge is 0.346 e. The van der Waals surface area contributed by atoms with Gasteiger partial charge in [0.1, 0.15) is 0 Å². The number of carboxylic acids is 1. The number of amides is 3. The Morgan fingerprint density at radius 3 is 2.23 bits per heavy atom. The lowest BCUT2D eigenvalue weighted by Gasteiger charge is -2.53. The second kappa shape index (κ2) is 12.5. The minimum Gasteiger partial charge on any atom is -0.481 e. The second-order valence-corrected chi connectivity index (χ2v) is 15.1. The summed E-state index contributed by atoms with van der Waals surface area (Å²) in [4.78, 5) is 40.0. The van der Waals surface area contributed by atoms with Gasteiger partial charge in [0.25, 0.3) is 0 Å². The van der Waals surface area contributed by atoms with Crippen LogP contribution in [-0.4, -0.2) is 49.2 Å². The van der Waals surface area contributed by atoms with Crippen LogP contribution in [0.3, 0.4) is 0 Å². The average molecular weight is 611 g/mol. The van der Waals surface area contributed by atoms with Crippen molar-refractivity contribution < 1.29 is 23.7 Å². The lowest BCUT2D eigenvalue weighted by atomic mass is 9.66. The number of hydrogen-bond donors (Lipinski definition) is 2. The Morgan fingerprint density at radius 2 is 1.73 bits per heavy atom. The van der Waals surface area contributed by atoms with Gasteiger partial charge in [0.05, 0.1) is 33.4 Å². The largest absolute Gasteiger partial charge is 0.481 e. The van der Waals surface area contributed by atoms with Gasteiger partial charge in [-0.05, 0) is 47.7 Å².